The largest absolute Gasteiger partial charge is 0.462 e. The van der Waals surface area contributed by atoms with Crippen molar-refractivity contribution in [3.63, 3.8) is 0 Å². The molecule has 2 amide bonds. The van der Waals surface area contributed by atoms with Gasteiger partial charge in [-0.1, -0.05) is 6.92 Å². The van der Waals surface area contributed by atoms with Crippen LogP contribution in [-0.4, -0.2) is 36.6 Å². The number of anilines is 1. The molecule has 6 heteroatoms. The van der Waals surface area contributed by atoms with Gasteiger partial charge in [0.25, 0.3) is 0 Å². The van der Waals surface area contributed by atoms with Gasteiger partial charge in [-0.25, -0.2) is 9.59 Å². The summed E-state index contributed by atoms with van der Waals surface area (Å²) in [5.74, 6) is -0.373. The molecule has 1 aromatic rings. The summed E-state index contributed by atoms with van der Waals surface area (Å²) in [7, 11) is 0. The van der Waals surface area contributed by atoms with Gasteiger partial charge in [0.15, 0.2) is 0 Å². The van der Waals surface area contributed by atoms with Crippen molar-refractivity contribution < 1.29 is 14.3 Å². The number of nitrogens with one attached hydrogen (secondary N) is 1. The van der Waals surface area contributed by atoms with E-state index in [0.29, 0.717) is 17.2 Å². The van der Waals surface area contributed by atoms with Crippen molar-refractivity contribution in [2.24, 2.45) is 0 Å². The van der Waals surface area contributed by atoms with Crippen LogP contribution in [-0.2, 0) is 11.2 Å². The number of ether oxygens (including phenoxy) is 1. The Morgan fingerprint density at radius 2 is 2.00 bits per heavy atom. The van der Waals surface area contributed by atoms with E-state index >= 15 is 0 Å². The molecule has 0 unspecified atom stereocenters. The van der Waals surface area contributed by atoms with Crippen LogP contribution >= 0.6 is 11.3 Å². The van der Waals surface area contributed by atoms with E-state index in [1.807, 2.05) is 17.9 Å². The van der Waals surface area contributed by atoms with Crippen LogP contribution in [0.2, 0.25) is 0 Å². The molecule has 0 radical (unpaired) electrons. The van der Waals surface area contributed by atoms with E-state index in [1.165, 1.54) is 17.8 Å². The van der Waals surface area contributed by atoms with Crippen LogP contribution in [0.1, 0.15) is 48.3 Å². The Balaban J connectivity index is 2.12. The zero-order valence-corrected chi connectivity index (χ0v) is 13.4. The minimum Gasteiger partial charge on any atom is -0.462 e. The second-order valence-corrected chi connectivity index (χ2v) is 6.14. The zero-order valence-electron chi connectivity index (χ0n) is 12.6. The summed E-state index contributed by atoms with van der Waals surface area (Å²) in [5.41, 5.74) is 0.462. The highest BCUT2D eigenvalue weighted by Crippen LogP contribution is 2.29. The Morgan fingerprint density at radius 1 is 1.29 bits per heavy atom. The van der Waals surface area contributed by atoms with Gasteiger partial charge in [0, 0.05) is 18.0 Å². The number of esters is 1. The van der Waals surface area contributed by atoms with E-state index in [4.69, 9.17) is 4.74 Å². The Kier molecular flexibility index (Phi) is 5.61. The lowest BCUT2D eigenvalue weighted by Gasteiger charge is -2.26. The van der Waals surface area contributed by atoms with Gasteiger partial charge in [-0.2, -0.15) is 0 Å². The fourth-order valence-electron chi connectivity index (χ4n) is 2.34. The predicted octanol–water partition coefficient (Wildman–Crippen LogP) is 3.51. The fraction of sp³-hybridized carbons (Fsp3) is 0.600. The summed E-state index contributed by atoms with van der Waals surface area (Å²) in [6, 6.07) is 1.69. The molecule has 1 aliphatic heterocycles. The summed E-state index contributed by atoms with van der Waals surface area (Å²) < 4.78 is 5.06. The molecule has 21 heavy (non-hydrogen) atoms. The van der Waals surface area contributed by atoms with E-state index in [1.54, 1.807) is 6.92 Å². The third kappa shape index (κ3) is 3.97. The molecule has 2 heterocycles. The summed E-state index contributed by atoms with van der Waals surface area (Å²) >= 11 is 1.45. The second-order valence-electron chi connectivity index (χ2n) is 5.01. The van der Waals surface area contributed by atoms with Crippen molar-refractivity contribution in [2.75, 3.05) is 25.0 Å². The van der Waals surface area contributed by atoms with Crippen LogP contribution in [0, 0.1) is 0 Å². The molecule has 2 rings (SSSR count). The molecule has 5 nitrogen and oxygen atoms in total. The molecule has 0 spiro atoms. The minimum atomic E-state index is -0.373. The normalized spacial score (nSPS) is 14.9. The van der Waals surface area contributed by atoms with Crippen LogP contribution in [0.25, 0.3) is 0 Å². The molecule has 1 saturated heterocycles. The number of carbonyl (C=O) groups excluding carboxylic acids is 2. The molecular weight excluding hydrogens is 288 g/mol. The van der Waals surface area contributed by atoms with Gasteiger partial charge in [0.2, 0.25) is 0 Å². The first kappa shape index (κ1) is 15.8. The first-order chi connectivity index (χ1) is 10.2. The Labute approximate surface area is 129 Å². The van der Waals surface area contributed by atoms with Crippen LogP contribution in [0.3, 0.4) is 0 Å². The number of thiophene rings is 1. The first-order valence-corrected chi connectivity index (χ1v) is 8.33. The maximum Gasteiger partial charge on any atom is 0.341 e. The van der Waals surface area contributed by atoms with Gasteiger partial charge < -0.3 is 9.64 Å². The van der Waals surface area contributed by atoms with Crippen molar-refractivity contribution in [1.82, 2.24) is 4.90 Å². The minimum absolute atomic E-state index is 0.121. The van der Waals surface area contributed by atoms with Gasteiger partial charge in [0.05, 0.1) is 12.2 Å². The van der Waals surface area contributed by atoms with Gasteiger partial charge >= 0.3 is 12.0 Å². The number of urea groups is 1. The molecule has 1 fully saturated rings. The van der Waals surface area contributed by atoms with E-state index in [2.05, 4.69) is 5.32 Å². The summed E-state index contributed by atoms with van der Waals surface area (Å²) in [6.45, 7) is 5.70. The maximum absolute atomic E-state index is 12.3. The molecule has 0 saturated carbocycles. The standard InChI is InChI=1S/C15H22N2O3S/c1-3-11-10-12(14(18)20-4-2)13(21-11)16-15(19)17-8-6-5-7-9-17/h10H,3-9H2,1-2H3,(H,16,19). The average Bonchev–Trinajstić information content (AvgIpc) is 2.91. The smallest absolute Gasteiger partial charge is 0.341 e. The van der Waals surface area contributed by atoms with Crippen molar-refractivity contribution in [3.8, 4) is 0 Å². The molecule has 1 aliphatic rings. The summed E-state index contributed by atoms with van der Waals surface area (Å²) in [4.78, 5) is 27.1. The van der Waals surface area contributed by atoms with Crippen molar-refractivity contribution >= 4 is 28.3 Å². The number of piperidine rings is 1. The van der Waals surface area contributed by atoms with Gasteiger partial charge in [-0.15, -0.1) is 11.3 Å². The number of aryl methyl sites for hydroxylation is 1. The van der Waals surface area contributed by atoms with Crippen molar-refractivity contribution in [2.45, 2.75) is 39.5 Å². The average molecular weight is 310 g/mol. The third-order valence-corrected chi connectivity index (χ3v) is 4.69. The maximum atomic E-state index is 12.3. The molecule has 1 N–H and O–H groups in total. The topological polar surface area (TPSA) is 58.6 Å². The number of likely N-dealkylation sites (tertiary alicyclic amines) is 1. The molecule has 1 aromatic heterocycles. The number of carbonyl (C=O) groups is 2. The van der Waals surface area contributed by atoms with Gasteiger partial charge in [-0.05, 0) is 38.7 Å². The second kappa shape index (κ2) is 7.45. The quantitative estimate of drug-likeness (QED) is 0.866. The van der Waals surface area contributed by atoms with E-state index in [-0.39, 0.29) is 12.0 Å². The summed E-state index contributed by atoms with van der Waals surface area (Å²) in [5, 5.41) is 3.48. The summed E-state index contributed by atoms with van der Waals surface area (Å²) in [6.07, 6.45) is 4.10. The highest BCUT2D eigenvalue weighted by atomic mass is 32.1. The lowest BCUT2D eigenvalue weighted by molar-refractivity contribution is 0.0528. The van der Waals surface area contributed by atoms with Gasteiger partial charge in [0.1, 0.15) is 5.00 Å². The molecule has 0 aromatic carbocycles. The van der Waals surface area contributed by atoms with E-state index in [9.17, 15) is 9.59 Å². The van der Waals surface area contributed by atoms with Crippen LogP contribution < -0.4 is 5.32 Å². The van der Waals surface area contributed by atoms with Crippen LogP contribution in [0.5, 0.6) is 0 Å². The lowest BCUT2D eigenvalue weighted by Crippen LogP contribution is -2.38. The molecule has 0 aliphatic carbocycles. The number of hydrogen-bond donors (Lipinski definition) is 1. The van der Waals surface area contributed by atoms with E-state index in [0.717, 1.165) is 37.2 Å². The first-order valence-electron chi connectivity index (χ1n) is 7.51. The highest BCUT2D eigenvalue weighted by molar-refractivity contribution is 7.16. The molecule has 0 atom stereocenters. The highest BCUT2D eigenvalue weighted by Gasteiger charge is 2.22. The number of rotatable bonds is 4. The third-order valence-electron chi connectivity index (χ3n) is 3.49. The fourth-order valence-corrected chi connectivity index (χ4v) is 3.32. The SMILES string of the molecule is CCOC(=O)c1cc(CC)sc1NC(=O)N1CCCCC1. The number of nitrogens with zero attached hydrogens (tertiary/aromatic N) is 1. The number of amides is 2. The lowest BCUT2D eigenvalue weighted by atomic mass is 10.1. The molecular formula is C15H22N2O3S. The molecule has 116 valence electrons. The van der Waals surface area contributed by atoms with Crippen LogP contribution in [0.15, 0.2) is 6.07 Å². The predicted molar refractivity (Wildman–Crippen MR) is 84.1 cm³/mol. The van der Waals surface area contributed by atoms with Gasteiger partial charge in [-0.3, -0.25) is 5.32 Å². The molecule has 0 bridgehead atoms. The van der Waals surface area contributed by atoms with Crippen molar-refractivity contribution in [3.05, 3.63) is 16.5 Å². The Hall–Kier alpha value is -1.56. The van der Waals surface area contributed by atoms with Crippen molar-refractivity contribution in [1.29, 1.82) is 0 Å². The Bertz CT molecular complexity index is 507. The monoisotopic (exact) mass is 310 g/mol. The number of hydrogen-bond acceptors (Lipinski definition) is 4. The van der Waals surface area contributed by atoms with Crippen LogP contribution in [0.4, 0.5) is 9.80 Å². The Morgan fingerprint density at radius 3 is 2.62 bits per heavy atom. The van der Waals surface area contributed by atoms with E-state index < -0.39 is 0 Å². The zero-order chi connectivity index (χ0) is 15.2.